The van der Waals surface area contributed by atoms with Gasteiger partial charge in [0.15, 0.2) is 0 Å². The first-order valence-electron chi connectivity index (χ1n) is 3.27. The second-order valence-corrected chi connectivity index (χ2v) is 3.07. The summed E-state index contributed by atoms with van der Waals surface area (Å²) in [5.74, 6) is 4.65. The van der Waals surface area contributed by atoms with Gasteiger partial charge in [0.1, 0.15) is 0 Å². The van der Waals surface area contributed by atoms with Crippen LogP contribution < -0.4 is 5.84 Å². The molecule has 0 radical (unpaired) electrons. The van der Waals surface area contributed by atoms with E-state index in [0.29, 0.717) is 5.56 Å². The molecule has 0 saturated heterocycles. The third kappa shape index (κ3) is 2.17. The molecule has 0 aliphatic carbocycles. The third-order valence-electron chi connectivity index (χ3n) is 1.30. The van der Waals surface area contributed by atoms with Crippen molar-refractivity contribution in [1.29, 1.82) is 0 Å². The molecule has 0 fully saturated rings. The maximum Gasteiger partial charge on any atom is 0.205 e. The highest BCUT2D eigenvalue weighted by Crippen LogP contribution is 2.11. The van der Waals surface area contributed by atoms with Gasteiger partial charge in [0, 0.05) is 10.0 Å². The standard InChI is InChI=1S/C8H7BrN2O/c9-7-3-1-2-6(4-7)8(12)5-11-10/h1-5H,10H2/b11-5-. The van der Waals surface area contributed by atoms with Crippen molar-refractivity contribution in [2.75, 3.05) is 0 Å². The molecular formula is C8H7BrN2O. The summed E-state index contributed by atoms with van der Waals surface area (Å²) in [7, 11) is 0. The minimum Gasteiger partial charge on any atom is -0.323 e. The van der Waals surface area contributed by atoms with E-state index in [1.807, 2.05) is 6.07 Å². The Hall–Kier alpha value is -1.16. The molecule has 0 atom stereocenters. The smallest absolute Gasteiger partial charge is 0.205 e. The molecule has 1 rings (SSSR count). The van der Waals surface area contributed by atoms with Crippen LogP contribution in [0.2, 0.25) is 0 Å². The zero-order valence-corrected chi connectivity index (χ0v) is 7.78. The highest BCUT2D eigenvalue weighted by molar-refractivity contribution is 9.10. The number of hydrogen-bond donors (Lipinski definition) is 1. The first-order valence-corrected chi connectivity index (χ1v) is 4.06. The first-order chi connectivity index (χ1) is 5.74. The van der Waals surface area contributed by atoms with Gasteiger partial charge in [-0.2, -0.15) is 5.10 Å². The van der Waals surface area contributed by atoms with E-state index in [9.17, 15) is 4.79 Å². The number of halogens is 1. The second-order valence-electron chi connectivity index (χ2n) is 2.15. The SMILES string of the molecule is N/N=C\C(=O)c1cccc(Br)c1. The van der Waals surface area contributed by atoms with E-state index in [2.05, 4.69) is 21.0 Å². The molecule has 0 unspecified atom stereocenters. The van der Waals surface area contributed by atoms with Crippen molar-refractivity contribution in [3.63, 3.8) is 0 Å². The molecule has 0 aliphatic heterocycles. The summed E-state index contributed by atoms with van der Waals surface area (Å²) in [6.07, 6.45) is 1.09. The van der Waals surface area contributed by atoms with Crippen LogP contribution in [-0.4, -0.2) is 12.0 Å². The number of Topliss-reactive ketones (excluding diaryl/α,β-unsaturated/α-hetero) is 1. The Balaban J connectivity index is 2.96. The Labute approximate surface area is 78.4 Å². The van der Waals surface area contributed by atoms with Crippen LogP contribution in [-0.2, 0) is 0 Å². The molecule has 1 aromatic carbocycles. The van der Waals surface area contributed by atoms with Gasteiger partial charge in [-0.1, -0.05) is 28.1 Å². The average Bonchev–Trinajstić information content (AvgIpc) is 2.05. The lowest BCUT2D eigenvalue weighted by molar-refractivity contribution is 0.107. The number of carbonyl (C=O) groups excluding carboxylic acids is 1. The van der Waals surface area contributed by atoms with Crippen LogP contribution in [0.3, 0.4) is 0 Å². The van der Waals surface area contributed by atoms with Crippen molar-refractivity contribution >= 4 is 27.9 Å². The Bertz CT molecular complexity index is 323. The predicted octanol–water partition coefficient (Wildman–Crippen LogP) is 1.58. The molecule has 3 nitrogen and oxygen atoms in total. The fourth-order valence-corrected chi connectivity index (χ4v) is 1.18. The fraction of sp³-hybridized carbons (Fsp3) is 0. The van der Waals surface area contributed by atoms with Gasteiger partial charge in [-0.3, -0.25) is 4.79 Å². The molecule has 62 valence electrons. The number of rotatable bonds is 2. The number of hydrazone groups is 1. The highest BCUT2D eigenvalue weighted by Gasteiger charge is 2.01. The van der Waals surface area contributed by atoms with Crippen molar-refractivity contribution in [2.45, 2.75) is 0 Å². The zero-order chi connectivity index (χ0) is 8.97. The Kier molecular flexibility index (Phi) is 2.99. The molecule has 0 amide bonds. The lowest BCUT2D eigenvalue weighted by atomic mass is 10.1. The quantitative estimate of drug-likeness (QED) is 0.361. The maximum atomic E-state index is 11.1. The minimum atomic E-state index is -0.196. The molecule has 0 saturated carbocycles. The normalized spacial score (nSPS) is 10.4. The first kappa shape index (κ1) is 8.93. The van der Waals surface area contributed by atoms with Gasteiger partial charge in [0.2, 0.25) is 5.78 Å². The summed E-state index contributed by atoms with van der Waals surface area (Å²) in [4.78, 5) is 11.1. The fourth-order valence-electron chi connectivity index (χ4n) is 0.784. The lowest BCUT2D eigenvalue weighted by Gasteiger charge is -1.94. The van der Waals surface area contributed by atoms with Gasteiger partial charge in [0.05, 0.1) is 6.21 Å². The molecular weight excluding hydrogens is 220 g/mol. The summed E-state index contributed by atoms with van der Waals surface area (Å²) in [6.45, 7) is 0. The number of hydrogen-bond acceptors (Lipinski definition) is 3. The van der Waals surface area contributed by atoms with Crippen LogP contribution in [0.1, 0.15) is 10.4 Å². The summed E-state index contributed by atoms with van der Waals surface area (Å²) in [6, 6.07) is 7.04. The van der Waals surface area contributed by atoms with Gasteiger partial charge in [-0.05, 0) is 12.1 Å². The Morgan fingerprint density at radius 2 is 2.33 bits per heavy atom. The van der Waals surface area contributed by atoms with Crippen molar-refractivity contribution in [3.8, 4) is 0 Å². The van der Waals surface area contributed by atoms with Gasteiger partial charge in [0.25, 0.3) is 0 Å². The molecule has 2 N–H and O–H groups in total. The largest absolute Gasteiger partial charge is 0.323 e. The molecule has 1 aromatic rings. The van der Waals surface area contributed by atoms with Crippen molar-refractivity contribution in [1.82, 2.24) is 0 Å². The van der Waals surface area contributed by atoms with Crippen LogP contribution in [0, 0.1) is 0 Å². The minimum absolute atomic E-state index is 0.196. The summed E-state index contributed by atoms with van der Waals surface area (Å²) in [5, 5.41) is 3.15. The topological polar surface area (TPSA) is 55.4 Å². The Morgan fingerprint density at radius 1 is 1.58 bits per heavy atom. The summed E-state index contributed by atoms with van der Waals surface area (Å²) < 4.78 is 0.860. The van der Waals surface area contributed by atoms with Gasteiger partial charge < -0.3 is 5.84 Å². The van der Waals surface area contributed by atoms with E-state index >= 15 is 0 Å². The maximum absolute atomic E-state index is 11.1. The number of nitrogens with zero attached hydrogens (tertiary/aromatic N) is 1. The summed E-state index contributed by atoms with van der Waals surface area (Å²) >= 11 is 3.25. The average molecular weight is 227 g/mol. The van der Waals surface area contributed by atoms with Crippen molar-refractivity contribution < 1.29 is 4.79 Å². The molecule has 0 heterocycles. The van der Waals surface area contributed by atoms with Crippen molar-refractivity contribution in [2.24, 2.45) is 10.9 Å². The highest BCUT2D eigenvalue weighted by atomic mass is 79.9. The number of ketones is 1. The van der Waals surface area contributed by atoms with Crippen LogP contribution >= 0.6 is 15.9 Å². The lowest BCUT2D eigenvalue weighted by Crippen LogP contribution is -2.01. The molecule has 0 aromatic heterocycles. The second kappa shape index (κ2) is 4.01. The van der Waals surface area contributed by atoms with Crippen LogP contribution in [0.4, 0.5) is 0 Å². The van der Waals surface area contributed by atoms with E-state index < -0.39 is 0 Å². The van der Waals surface area contributed by atoms with Gasteiger partial charge >= 0.3 is 0 Å². The number of carbonyl (C=O) groups is 1. The van der Waals surface area contributed by atoms with E-state index in [1.165, 1.54) is 0 Å². The Morgan fingerprint density at radius 3 is 2.92 bits per heavy atom. The van der Waals surface area contributed by atoms with Crippen molar-refractivity contribution in [3.05, 3.63) is 34.3 Å². The van der Waals surface area contributed by atoms with E-state index in [-0.39, 0.29) is 5.78 Å². The molecule has 12 heavy (non-hydrogen) atoms. The predicted molar refractivity (Wildman–Crippen MR) is 51.2 cm³/mol. The van der Waals surface area contributed by atoms with Gasteiger partial charge in [-0.15, -0.1) is 0 Å². The van der Waals surface area contributed by atoms with E-state index in [0.717, 1.165) is 10.7 Å². The van der Waals surface area contributed by atoms with E-state index in [1.54, 1.807) is 18.2 Å². The monoisotopic (exact) mass is 226 g/mol. The van der Waals surface area contributed by atoms with E-state index in [4.69, 9.17) is 5.84 Å². The number of nitrogens with two attached hydrogens (primary N) is 1. The number of benzene rings is 1. The van der Waals surface area contributed by atoms with Crippen LogP contribution in [0.25, 0.3) is 0 Å². The zero-order valence-electron chi connectivity index (χ0n) is 6.20. The third-order valence-corrected chi connectivity index (χ3v) is 1.79. The molecule has 0 spiro atoms. The molecule has 0 bridgehead atoms. The van der Waals surface area contributed by atoms with Crippen LogP contribution in [0.5, 0.6) is 0 Å². The molecule has 0 aliphatic rings. The van der Waals surface area contributed by atoms with Crippen LogP contribution in [0.15, 0.2) is 33.8 Å². The van der Waals surface area contributed by atoms with Gasteiger partial charge in [-0.25, -0.2) is 0 Å². The summed E-state index contributed by atoms with van der Waals surface area (Å²) in [5.41, 5.74) is 0.568. The molecule has 4 heteroatoms.